The Hall–Kier alpha value is -2.58. The van der Waals surface area contributed by atoms with Crippen LogP contribution in [0.3, 0.4) is 0 Å². The SMILES string of the molecule is O=C(c1csc([N+](=O)[O-])c1)n1ccc(C=Cc2cccs2)n1. The van der Waals surface area contributed by atoms with E-state index in [-0.39, 0.29) is 16.5 Å². The lowest BCUT2D eigenvalue weighted by Crippen LogP contribution is -2.11. The van der Waals surface area contributed by atoms with Gasteiger partial charge < -0.3 is 0 Å². The molecule has 0 radical (unpaired) electrons. The third-order valence-corrected chi connectivity index (χ3v) is 4.51. The Morgan fingerprint density at radius 3 is 2.86 bits per heavy atom. The van der Waals surface area contributed by atoms with Gasteiger partial charge in [-0.3, -0.25) is 14.9 Å². The summed E-state index contributed by atoms with van der Waals surface area (Å²) in [6.07, 6.45) is 5.27. The molecule has 0 unspecified atom stereocenters. The Kier molecular flexibility index (Phi) is 3.94. The van der Waals surface area contributed by atoms with Crippen molar-refractivity contribution >= 4 is 45.7 Å². The van der Waals surface area contributed by atoms with Crippen molar-refractivity contribution in [1.82, 2.24) is 9.78 Å². The largest absolute Gasteiger partial charge is 0.324 e. The van der Waals surface area contributed by atoms with Crippen molar-refractivity contribution in [2.75, 3.05) is 0 Å². The van der Waals surface area contributed by atoms with E-state index >= 15 is 0 Å². The van der Waals surface area contributed by atoms with Crippen LogP contribution in [0, 0.1) is 10.1 Å². The minimum absolute atomic E-state index is 0.0617. The molecule has 3 aromatic heterocycles. The molecule has 0 atom stereocenters. The first kappa shape index (κ1) is 14.4. The van der Waals surface area contributed by atoms with Gasteiger partial charge in [-0.25, -0.2) is 4.68 Å². The van der Waals surface area contributed by atoms with Gasteiger partial charge in [-0.15, -0.1) is 11.3 Å². The molecule has 0 saturated heterocycles. The number of thiophene rings is 2. The molecule has 22 heavy (non-hydrogen) atoms. The fourth-order valence-electron chi connectivity index (χ4n) is 1.76. The molecule has 8 heteroatoms. The van der Waals surface area contributed by atoms with E-state index in [1.807, 2.05) is 29.7 Å². The molecule has 3 heterocycles. The molecule has 6 nitrogen and oxygen atoms in total. The smallest absolute Gasteiger partial charge is 0.267 e. The van der Waals surface area contributed by atoms with Crippen molar-refractivity contribution in [3.8, 4) is 0 Å². The van der Waals surface area contributed by atoms with Gasteiger partial charge in [0.25, 0.3) is 5.91 Å². The highest BCUT2D eigenvalue weighted by atomic mass is 32.1. The van der Waals surface area contributed by atoms with Gasteiger partial charge in [0.05, 0.1) is 16.2 Å². The van der Waals surface area contributed by atoms with Crippen molar-refractivity contribution in [3.63, 3.8) is 0 Å². The summed E-state index contributed by atoms with van der Waals surface area (Å²) < 4.78 is 1.18. The Labute approximate surface area is 133 Å². The topological polar surface area (TPSA) is 78.0 Å². The quantitative estimate of drug-likeness (QED) is 0.538. The number of carbonyl (C=O) groups excluding carboxylic acids is 1. The van der Waals surface area contributed by atoms with Crippen LogP contribution < -0.4 is 0 Å². The van der Waals surface area contributed by atoms with E-state index in [4.69, 9.17) is 0 Å². The lowest BCUT2D eigenvalue weighted by Gasteiger charge is -1.95. The maximum Gasteiger partial charge on any atom is 0.324 e. The molecule has 110 valence electrons. The van der Waals surface area contributed by atoms with Crippen LogP contribution in [0.4, 0.5) is 5.00 Å². The van der Waals surface area contributed by atoms with Crippen molar-refractivity contribution in [2.45, 2.75) is 0 Å². The van der Waals surface area contributed by atoms with Crippen LogP contribution in [0.5, 0.6) is 0 Å². The first-order chi connectivity index (χ1) is 10.6. The van der Waals surface area contributed by atoms with Crippen LogP contribution in [-0.4, -0.2) is 20.6 Å². The molecule has 0 N–H and O–H groups in total. The summed E-state index contributed by atoms with van der Waals surface area (Å²) in [5, 5.41) is 18.2. The van der Waals surface area contributed by atoms with E-state index in [2.05, 4.69) is 5.10 Å². The van der Waals surface area contributed by atoms with Crippen LogP contribution in [0.1, 0.15) is 20.9 Å². The second kappa shape index (κ2) is 6.04. The molecule has 0 spiro atoms. The fraction of sp³-hybridized carbons (Fsp3) is 0. The fourth-order valence-corrected chi connectivity index (χ4v) is 3.07. The van der Waals surface area contributed by atoms with E-state index < -0.39 is 4.92 Å². The Morgan fingerprint density at radius 2 is 2.18 bits per heavy atom. The summed E-state index contributed by atoms with van der Waals surface area (Å²) in [4.78, 5) is 23.4. The summed E-state index contributed by atoms with van der Waals surface area (Å²) >= 11 is 2.53. The molecular weight excluding hydrogens is 322 g/mol. The second-order valence-corrected chi connectivity index (χ2v) is 6.14. The van der Waals surface area contributed by atoms with Gasteiger partial charge in [-0.1, -0.05) is 17.4 Å². The van der Waals surface area contributed by atoms with E-state index in [0.29, 0.717) is 5.69 Å². The first-order valence-electron chi connectivity index (χ1n) is 6.18. The van der Waals surface area contributed by atoms with Gasteiger partial charge in [0, 0.05) is 22.5 Å². The number of nitro groups is 1. The molecule has 0 aliphatic carbocycles. The second-order valence-electron chi connectivity index (χ2n) is 4.27. The van der Waals surface area contributed by atoms with Crippen molar-refractivity contribution in [3.05, 3.63) is 67.5 Å². The Bertz CT molecular complexity index is 846. The highest BCUT2D eigenvalue weighted by Gasteiger charge is 2.16. The standard InChI is InChI=1S/C14H9N3O3S2/c18-14(10-8-13(17(19)20)22-9-10)16-6-5-11(15-16)3-4-12-2-1-7-21-12/h1-9H. The number of hydrogen-bond acceptors (Lipinski definition) is 6. The molecule has 0 aliphatic rings. The number of rotatable bonds is 4. The van der Waals surface area contributed by atoms with Crippen LogP contribution >= 0.6 is 22.7 Å². The lowest BCUT2D eigenvalue weighted by atomic mass is 10.3. The van der Waals surface area contributed by atoms with Gasteiger partial charge in [-0.2, -0.15) is 5.10 Å². The van der Waals surface area contributed by atoms with Gasteiger partial charge >= 0.3 is 5.00 Å². The van der Waals surface area contributed by atoms with Crippen molar-refractivity contribution < 1.29 is 9.72 Å². The average molecular weight is 331 g/mol. The maximum absolute atomic E-state index is 12.2. The molecule has 3 aromatic rings. The number of carbonyl (C=O) groups is 1. The van der Waals surface area contributed by atoms with E-state index in [0.717, 1.165) is 16.2 Å². The molecule has 0 saturated carbocycles. The molecule has 0 fully saturated rings. The minimum Gasteiger partial charge on any atom is -0.267 e. The molecule has 0 aliphatic heterocycles. The molecule has 0 amide bonds. The third-order valence-electron chi connectivity index (χ3n) is 2.79. The average Bonchev–Trinajstić information content (AvgIpc) is 3.24. The summed E-state index contributed by atoms with van der Waals surface area (Å²) in [5.41, 5.74) is 0.903. The van der Waals surface area contributed by atoms with Gasteiger partial charge in [0.2, 0.25) is 0 Å². The van der Waals surface area contributed by atoms with Gasteiger partial charge in [0.15, 0.2) is 0 Å². The van der Waals surface area contributed by atoms with Crippen LogP contribution in [0.2, 0.25) is 0 Å². The zero-order chi connectivity index (χ0) is 15.5. The lowest BCUT2D eigenvalue weighted by molar-refractivity contribution is -0.380. The minimum atomic E-state index is -0.514. The zero-order valence-corrected chi connectivity index (χ0v) is 12.7. The molecule has 3 rings (SSSR count). The first-order valence-corrected chi connectivity index (χ1v) is 7.94. The molecule has 0 aromatic carbocycles. The van der Waals surface area contributed by atoms with E-state index in [1.165, 1.54) is 16.1 Å². The highest BCUT2D eigenvalue weighted by molar-refractivity contribution is 7.13. The summed E-state index contributed by atoms with van der Waals surface area (Å²) in [7, 11) is 0. The monoisotopic (exact) mass is 331 g/mol. The highest BCUT2D eigenvalue weighted by Crippen LogP contribution is 2.23. The van der Waals surface area contributed by atoms with Crippen LogP contribution in [-0.2, 0) is 0 Å². The molecular formula is C14H9N3O3S2. The summed E-state index contributed by atoms with van der Waals surface area (Å²) in [6, 6.07) is 6.91. The van der Waals surface area contributed by atoms with Crippen molar-refractivity contribution in [1.29, 1.82) is 0 Å². The van der Waals surface area contributed by atoms with Crippen LogP contribution in [0.15, 0.2) is 41.2 Å². The number of nitrogens with zero attached hydrogens (tertiary/aromatic N) is 3. The van der Waals surface area contributed by atoms with E-state index in [9.17, 15) is 14.9 Å². The maximum atomic E-state index is 12.2. The normalized spacial score (nSPS) is 11.1. The van der Waals surface area contributed by atoms with Gasteiger partial charge in [-0.05, 0) is 29.7 Å². The summed E-state index contributed by atoms with van der Waals surface area (Å²) in [6.45, 7) is 0. The predicted octanol–water partition coefficient (Wildman–Crippen LogP) is 3.77. The number of hydrogen-bond donors (Lipinski definition) is 0. The Morgan fingerprint density at radius 1 is 1.32 bits per heavy atom. The third kappa shape index (κ3) is 3.02. The van der Waals surface area contributed by atoms with Crippen molar-refractivity contribution in [2.24, 2.45) is 0 Å². The Balaban J connectivity index is 1.77. The van der Waals surface area contributed by atoms with Crippen LogP contribution in [0.25, 0.3) is 12.2 Å². The summed E-state index contributed by atoms with van der Waals surface area (Å²) in [5.74, 6) is -0.389. The molecule has 0 bridgehead atoms. The zero-order valence-electron chi connectivity index (χ0n) is 11.1. The predicted molar refractivity (Wildman–Crippen MR) is 86.2 cm³/mol. The van der Waals surface area contributed by atoms with Gasteiger partial charge in [0.1, 0.15) is 0 Å². The number of aromatic nitrogens is 2. The van der Waals surface area contributed by atoms with E-state index in [1.54, 1.807) is 23.6 Å².